The number of nitriles is 1. The van der Waals surface area contributed by atoms with Gasteiger partial charge in [-0.25, -0.2) is 8.78 Å². The highest BCUT2D eigenvalue weighted by atomic mass is 32.1. The average Bonchev–Trinajstić information content (AvgIpc) is 3.24. The number of rotatable bonds is 2. The molecule has 0 saturated carbocycles. The molecule has 0 radical (unpaired) electrons. The molecule has 2 aromatic carbocycles. The number of phenolic OH excluding ortho intramolecular Hbond substituents is 1. The maximum atomic E-state index is 13.9. The van der Waals surface area contributed by atoms with Gasteiger partial charge in [0, 0.05) is 17.5 Å². The van der Waals surface area contributed by atoms with Gasteiger partial charge >= 0.3 is 0 Å². The van der Waals surface area contributed by atoms with E-state index in [0.29, 0.717) is 22.2 Å². The lowest BCUT2D eigenvalue weighted by Crippen LogP contribution is -1.99. The van der Waals surface area contributed by atoms with Crippen molar-refractivity contribution in [2.24, 2.45) is 0 Å². The predicted molar refractivity (Wildman–Crippen MR) is 92.9 cm³/mol. The molecule has 4 aromatic rings. The lowest BCUT2D eigenvalue weighted by atomic mass is 10.1. The van der Waals surface area contributed by atoms with Crippen LogP contribution in [0.2, 0.25) is 0 Å². The van der Waals surface area contributed by atoms with Crippen LogP contribution in [0.1, 0.15) is 5.56 Å². The fourth-order valence-corrected chi connectivity index (χ4v) is 3.71. The van der Waals surface area contributed by atoms with Crippen LogP contribution in [-0.4, -0.2) is 9.67 Å². The van der Waals surface area contributed by atoms with Crippen molar-refractivity contribution in [3.63, 3.8) is 0 Å². The molecular formula is C19H10F2N2OS. The molecule has 6 heteroatoms. The lowest BCUT2D eigenvalue weighted by Gasteiger charge is -2.11. The molecular weight excluding hydrogens is 342 g/mol. The standard InChI is InChI=1S/C19H10F2N2OS/c20-14-8-11(9-15(21)19(14)24)23-16-5-2-1-4-12(16)13(10-22)18(23)17-6-3-7-25-17/h1-9,24H. The quantitative estimate of drug-likeness (QED) is 0.538. The molecule has 3 nitrogen and oxygen atoms in total. The van der Waals surface area contributed by atoms with E-state index in [1.165, 1.54) is 11.3 Å². The first-order valence-corrected chi connectivity index (χ1v) is 8.25. The normalized spacial score (nSPS) is 10.9. The summed E-state index contributed by atoms with van der Waals surface area (Å²) in [6.07, 6.45) is 0. The highest BCUT2D eigenvalue weighted by Gasteiger charge is 2.22. The van der Waals surface area contributed by atoms with E-state index in [9.17, 15) is 19.1 Å². The zero-order valence-corrected chi connectivity index (χ0v) is 13.5. The minimum absolute atomic E-state index is 0.203. The number of para-hydroxylation sites is 1. The van der Waals surface area contributed by atoms with E-state index in [1.807, 2.05) is 23.6 Å². The summed E-state index contributed by atoms with van der Waals surface area (Å²) >= 11 is 1.43. The maximum absolute atomic E-state index is 13.9. The molecule has 2 aromatic heterocycles. The Balaban J connectivity index is 2.17. The number of halogens is 2. The molecule has 0 aliphatic heterocycles. The lowest BCUT2D eigenvalue weighted by molar-refractivity contribution is 0.396. The second-order valence-electron chi connectivity index (χ2n) is 5.42. The topological polar surface area (TPSA) is 49.0 Å². The number of nitrogens with zero attached hydrogens (tertiary/aromatic N) is 2. The smallest absolute Gasteiger partial charge is 0.187 e. The Morgan fingerprint density at radius 3 is 2.40 bits per heavy atom. The minimum atomic E-state index is -1.05. The summed E-state index contributed by atoms with van der Waals surface area (Å²) in [5, 5.41) is 21.6. The van der Waals surface area contributed by atoms with Gasteiger partial charge in [0.05, 0.1) is 27.3 Å². The molecule has 4 rings (SSSR count). The number of aromatic nitrogens is 1. The van der Waals surface area contributed by atoms with Crippen molar-refractivity contribution in [2.75, 3.05) is 0 Å². The molecule has 0 aliphatic rings. The van der Waals surface area contributed by atoms with E-state index in [2.05, 4.69) is 6.07 Å². The van der Waals surface area contributed by atoms with Gasteiger partial charge in [0.2, 0.25) is 0 Å². The van der Waals surface area contributed by atoms with Gasteiger partial charge in [0.15, 0.2) is 17.4 Å². The number of benzene rings is 2. The van der Waals surface area contributed by atoms with Crippen LogP contribution in [0.25, 0.3) is 27.2 Å². The first kappa shape index (κ1) is 15.4. The van der Waals surface area contributed by atoms with Crippen LogP contribution in [-0.2, 0) is 0 Å². The van der Waals surface area contributed by atoms with Crippen LogP contribution in [0.15, 0.2) is 53.9 Å². The van der Waals surface area contributed by atoms with Crippen LogP contribution < -0.4 is 0 Å². The highest BCUT2D eigenvalue weighted by Crippen LogP contribution is 2.38. The minimum Gasteiger partial charge on any atom is -0.503 e. The van der Waals surface area contributed by atoms with Gasteiger partial charge in [-0.1, -0.05) is 24.3 Å². The second-order valence-corrected chi connectivity index (χ2v) is 6.37. The van der Waals surface area contributed by atoms with E-state index in [4.69, 9.17) is 0 Å². The van der Waals surface area contributed by atoms with Gasteiger partial charge < -0.3 is 9.67 Å². The molecule has 0 atom stereocenters. The summed E-state index contributed by atoms with van der Waals surface area (Å²) in [6, 6.07) is 15.2. The fraction of sp³-hybridized carbons (Fsp3) is 0. The molecule has 25 heavy (non-hydrogen) atoms. The van der Waals surface area contributed by atoms with E-state index in [1.54, 1.807) is 22.8 Å². The van der Waals surface area contributed by atoms with Gasteiger partial charge in [0.25, 0.3) is 0 Å². The Hall–Kier alpha value is -3.17. The van der Waals surface area contributed by atoms with Gasteiger partial charge in [-0.2, -0.15) is 5.26 Å². The Kier molecular flexibility index (Phi) is 3.52. The summed E-state index contributed by atoms with van der Waals surface area (Å²) in [4.78, 5) is 0.807. The van der Waals surface area contributed by atoms with Crippen molar-refractivity contribution in [2.45, 2.75) is 0 Å². The van der Waals surface area contributed by atoms with Crippen molar-refractivity contribution in [3.8, 4) is 28.1 Å². The Morgan fingerprint density at radius 1 is 1.04 bits per heavy atom. The predicted octanol–water partition coefficient (Wildman–Crippen LogP) is 5.21. The zero-order valence-electron chi connectivity index (χ0n) is 12.7. The third-order valence-electron chi connectivity index (χ3n) is 4.00. The first-order chi connectivity index (χ1) is 12.1. The molecule has 0 amide bonds. The van der Waals surface area contributed by atoms with Crippen LogP contribution in [0.3, 0.4) is 0 Å². The molecule has 0 unspecified atom stereocenters. The number of phenols is 1. The largest absolute Gasteiger partial charge is 0.503 e. The van der Waals surface area contributed by atoms with Crippen molar-refractivity contribution < 1.29 is 13.9 Å². The number of fused-ring (bicyclic) bond motifs is 1. The molecule has 0 saturated heterocycles. The summed E-state index contributed by atoms with van der Waals surface area (Å²) in [7, 11) is 0. The summed E-state index contributed by atoms with van der Waals surface area (Å²) in [6.45, 7) is 0. The molecule has 0 fully saturated rings. The molecule has 2 heterocycles. The van der Waals surface area contributed by atoms with Crippen LogP contribution in [0, 0.1) is 23.0 Å². The SMILES string of the molecule is N#Cc1c(-c2cccs2)n(-c2cc(F)c(O)c(F)c2)c2ccccc12. The summed E-state index contributed by atoms with van der Waals surface area (Å²) < 4.78 is 29.5. The molecule has 0 spiro atoms. The fourth-order valence-electron chi connectivity index (χ4n) is 2.95. The van der Waals surface area contributed by atoms with Crippen molar-refractivity contribution in [1.82, 2.24) is 4.57 Å². The van der Waals surface area contributed by atoms with Gasteiger partial charge in [-0.05, 0) is 17.5 Å². The van der Waals surface area contributed by atoms with E-state index >= 15 is 0 Å². The van der Waals surface area contributed by atoms with Crippen LogP contribution >= 0.6 is 11.3 Å². The number of thiophene rings is 1. The van der Waals surface area contributed by atoms with Crippen molar-refractivity contribution >= 4 is 22.2 Å². The third kappa shape index (κ3) is 2.29. The van der Waals surface area contributed by atoms with Crippen LogP contribution in [0.5, 0.6) is 5.75 Å². The third-order valence-corrected chi connectivity index (χ3v) is 4.88. The highest BCUT2D eigenvalue weighted by molar-refractivity contribution is 7.13. The van der Waals surface area contributed by atoms with E-state index < -0.39 is 17.4 Å². The number of aromatic hydroxyl groups is 1. The van der Waals surface area contributed by atoms with E-state index in [0.717, 1.165) is 17.0 Å². The molecule has 122 valence electrons. The van der Waals surface area contributed by atoms with Gasteiger partial charge in [-0.3, -0.25) is 0 Å². The monoisotopic (exact) mass is 352 g/mol. The Bertz CT molecular complexity index is 1120. The van der Waals surface area contributed by atoms with E-state index in [-0.39, 0.29) is 5.69 Å². The second kappa shape index (κ2) is 5.72. The number of hydrogen-bond donors (Lipinski definition) is 1. The summed E-state index contributed by atoms with van der Waals surface area (Å²) in [5.74, 6) is -3.12. The summed E-state index contributed by atoms with van der Waals surface area (Å²) in [5.41, 5.74) is 1.87. The molecule has 1 N–H and O–H groups in total. The van der Waals surface area contributed by atoms with Crippen LogP contribution in [0.4, 0.5) is 8.78 Å². The van der Waals surface area contributed by atoms with Gasteiger partial charge in [0.1, 0.15) is 6.07 Å². The van der Waals surface area contributed by atoms with Crippen molar-refractivity contribution in [1.29, 1.82) is 5.26 Å². The zero-order chi connectivity index (χ0) is 17.6. The Morgan fingerprint density at radius 2 is 1.76 bits per heavy atom. The average molecular weight is 352 g/mol. The number of hydrogen-bond acceptors (Lipinski definition) is 3. The maximum Gasteiger partial charge on any atom is 0.187 e. The molecule has 0 bridgehead atoms. The first-order valence-electron chi connectivity index (χ1n) is 7.37. The Labute approximate surface area is 145 Å². The van der Waals surface area contributed by atoms with Crippen molar-refractivity contribution in [3.05, 3.63) is 71.1 Å². The van der Waals surface area contributed by atoms with Gasteiger partial charge in [-0.15, -0.1) is 11.3 Å². The molecule has 0 aliphatic carbocycles.